The summed E-state index contributed by atoms with van der Waals surface area (Å²) >= 11 is 1.24. The van der Waals surface area contributed by atoms with Gasteiger partial charge < -0.3 is 0 Å². The topological polar surface area (TPSA) is 46.2 Å². The van der Waals surface area contributed by atoms with Gasteiger partial charge in [-0.2, -0.15) is 0 Å². The molecule has 0 bridgehead atoms. The summed E-state index contributed by atoms with van der Waals surface area (Å²) < 4.78 is 27.9. The fourth-order valence-corrected chi connectivity index (χ4v) is 4.66. The first-order valence-electron chi connectivity index (χ1n) is 7.63. The van der Waals surface area contributed by atoms with Crippen LogP contribution in [0.3, 0.4) is 0 Å². The Morgan fingerprint density at radius 3 is 2.18 bits per heavy atom. The molecule has 0 aliphatic rings. The van der Waals surface area contributed by atoms with E-state index in [0.717, 1.165) is 12.0 Å². The minimum Gasteiger partial charge on any atom is -0.206 e. The highest BCUT2D eigenvalue weighted by Gasteiger charge is 2.21. The number of rotatable bonds is 7. The molecule has 0 saturated carbocycles. The van der Waals surface area contributed by atoms with E-state index in [0.29, 0.717) is 16.5 Å². The summed E-state index contributed by atoms with van der Waals surface area (Å²) in [4.78, 5) is 0. The Balaban J connectivity index is 2.18. The second-order valence-electron chi connectivity index (χ2n) is 5.49. The van der Waals surface area contributed by atoms with Crippen LogP contribution in [0.5, 0.6) is 0 Å². The molecule has 0 spiro atoms. The molecule has 0 saturated heterocycles. The first kappa shape index (κ1) is 17.2. The van der Waals surface area contributed by atoms with E-state index < -0.39 is 10.0 Å². The minimum absolute atomic E-state index is 0.196. The summed E-state index contributed by atoms with van der Waals surface area (Å²) in [5.74, 6) is 0.525. The monoisotopic (exact) mass is 337 g/mol. The largest absolute Gasteiger partial charge is 0.250 e. The minimum atomic E-state index is -3.44. The quantitative estimate of drug-likeness (QED) is 0.796. The van der Waals surface area contributed by atoms with Crippen molar-refractivity contribution < 1.29 is 8.42 Å². The highest BCUT2D eigenvalue weighted by atomic mass is 32.2. The van der Waals surface area contributed by atoms with Crippen molar-refractivity contribution in [2.24, 2.45) is 0 Å². The molecule has 0 unspecified atom stereocenters. The van der Waals surface area contributed by atoms with Crippen molar-refractivity contribution in [2.45, 2.75) is 49.8 Å². The molecule has 1 aromatic carbocycles. The van der Waals surface area contributed by atoms with Gasteiger partial charge in [0.05, 0.1) is 0 Å². The van der Waals surface area contributed by atoms with E-state index in [1.165, 1.54) is 16.9 Å². The van der Waals surface area contributed by atoms with Gasteiger partial charge in [-0.3, -0.25) is 0 Å². The first-order valence-corrected chi connectivity index (χ1v) is 10.00. The molecule has 0 aliphatic heterocycles. The Morgan fingerprint density at radius 1 is 1.05 bits per heavy atom. The lowest BCUT2D eigenvalue weighted by Gasteiger charge is -2.18. The summed E-state index contributed by atoms with van der Waals surface area (Å²) in [5, 5.41) is 1.77. The second-order valence-corrected chi connectivity index (χ2v) is 8.38. The molecule has 1 heterocycles. The molecule has 3 nitrogen and oxygen atoms in total. The summed E-state index contributed by atoms with van der Waals surface area (Å²) in [6, 6.07) is 11.5. The molecule has 2 rings (SSSR count). The van der Waals surface area contributed by atoms with Crippen LogP contribution in [0.2, 0.25) is 0 Å². The van der Waals surface area contributed by atoms with E-state index in [9.17, 15) is 8.42 Å². The lowest BCUT2D eigenvalue weighted by Crippen LogP contribution is -2.27. The van der Waals surface area contributed by atoms with Crippen LogP contribution >= 0.6 is 11.3 Å². The zero-order valence-corrected chi connectivity index (χ0v) is 14.9. The van der Waals surface area contributed by atoms with Gasteiger partial charge in [-0.25, -0.2) is 13.1 Å². The molecule has 22 heavy (non-hydrogen) atoms. The van der Waals surface area contributed by atoms with Crippen LogP contribution < -0.4 is 4.72 Å². The van der Waals surface area contributed by atoms with E-state index in [-0.39, 0.29) is 6.04 Å². The van der Waals surface area contributed by atoms with Gasteiger partial charge in [-0.1, -0.05) is 51.1 Å². The molecule has 0 fully saturated rings. The average molecular weight is 338 g/mol. The van der Waals surface area contributed by atoms with E-state index in [4.69, 9.17) is 0 Å². The van der Waals surface area contributed by atoms with Gasteiger partial charge in [0.15, 0.2) is 0 Å². The number of sulfonamides is 1. The maximum atomic E-state index is 12.4. The van der Waals surface area contributed by atoms with E-state index in [1.807, 2.05) is 19.1 Å². The van der Waals surface area contributed by atoms with Crippen LogP contribution in [0.15, 0.2) is 46.0 Å². The van der Waals surface area contributed by atoms with Gasteiger partial charge in [0.1, 0.15) is 4.21 Å². The number of hydrogen-bond donors (Lipinski definition) is 1. The van der Waals surface area contributed by atoms with Crippen LogP contribution in [-0.4, -0.2) is 8.42 Å². The molecular formula is C17H23NO2S2. The molecule has 2 atom stereocenters. The molecular weight excluding hydrogens is 314 g/mol. The maximum Gasteiger partial charge on any atom is 0.250 e. The van der Waals surface area contributed by atoms with Gasteiger partial charge >= 0.3 is 0 Å². The third-order valence-electron chi connectivity index (χ3n) is 3.99. The van der Waals surface area contributed by atoms with Crippen LogP contribution in [0.4, 0.5) is 0 Å². The van der Waals surface area contributed by atoms with Crippen LogP contribution in [0.1, 0.15) is 56.7 Å². The van der Waals surface area contributed by atoms with Crippen molar-refractivity contribution in [3.05, 3.63) is 52.9 Å². The first-order chi connectivity index (χ1) is 10.5. The highest BCUT2D eigenvalue weighted by molar-refractivity contribution is 7.91. The smallest absolute Gasteiger partial charge is 0.206 e. The summed E-state index contributed by atoms with van der Waals surface area (Å²) in [5.41, 5.74) is 2.30. The van der Waals surface area contributed by atoms with Crippen molar-refractivity contribution in [3.63, 3.8) is 0 Å². The lowest BCUT2D eigenvalue weighted by atomic mass is 9.96. The molecule has 0 radical (unpaired) electrons. The Hall–Kier alpha value is -1.17. The van der Waals surface area contributed by atoms with Crippen LogP contribution in [0, 0.1) is 0 Å². The van der Waals surface area contributed by atoms with E-state index in [2.05, 4.69) is 30.7 Å². The number of hydrogen-bond acceptors (Lipinski definition) is 3. The molecule has 0 amide bonds. The standard InChI is InChI=1S/C17H23NO2S2/c1-4-13(3)14-8-10-15(11-9-14)16(5-2)18-22(19,20)17-7-6-12-21-17/h6-13,16,18H,4-5H2,1-3H3/t13-,16-/m0/s1. The summed E-state index contributed by atoms with van der Waals surface area (Å²) in [6.45, 7) is 6.36. The fourth-order valence-electron chi connectivity index (χ4n) is 2.34. The maximum absolute atomic E-state index is 12.4. The number of benzene rings is 1. The number of nitrogens with one attached hydrogen (secondary N) is 1. The van der Waals surface area contributed by atoms with Crippen molar-refractivity contribution in [3.8, 4) is 0 Å². The predicted molar refractivity (Wildman–Crippen MR) is 92.8 cm³/mol. The van der Waals surface area contributed by atoms with Gasteiger partial charge in [0.2, 0.25) is 0 Å². The van der Waals surface area contributed by atoms with Crippen molar-refractivity contribution >= 4 is 21.4 Å². The molecule has 5 heteroatoms. The van der Waals surface area contributed by atoms with E-state index >= 15 is 0 Å². The normalized spacial score (nSPS) is 14.7. The lowest BCUT2D eigenvalue weighted by molar-refractivity contribution is 0.552. The second kappa shape index (κ2) is 7.40. The SMILES string of the molecule is CC[C@H](NS(=O)(=O)c1cccs1)c1ccc([C@@H](C)CC)cc1. The number of thiophene rings is 1. The summed E-state index contributed by atoms with van der Waals surface area (Å²) in [6.07, 6.45) is 1.81. The highest BCUT2D eigenvalue weighted by Crippen LogP contribution is 2.25. The third kappa shape index (κ3) is 3.97. The van der Waals surface area contributed by atoms with Gasteiger partial charge in [0, 0.05) is 6.04 Å². The fraction of sp³-hybridized carbons (Fsp3) is 0.412. The molecule has 1 N–H and O–H groups in total. The predicted octanol–water partition coefficient (Wildman–Crippen LogP) is 4.69. The zero-order valence-electron chi connectivity index (χ0n) is 13.2. The van der Waals surface area contributed by atoms with Gasteiger partial charge in [-0.15, -0.1) is 11.3 Å². The Morgan fingerprint density at radius 2 is 1.68 bits per heavy atom. The van der Waals surface area contributed by atoms with Crippen LogP contribution in [0.25, 0.3) is 0 Å². The van der Waals surface area contributed by atoms with Gasteiger partial charge in [0.25, 0.3) is 10.0 Å². The van der Waals surface area contributed by atoms with Crippen molar-refractivity contribution in [1.29, 1.82) is 0 Å². The third-order valence-corrected chi connectivity index (χ3v) is 6.85. The Kier molecular flexibility index (Phi) is 5.78. The van der Waals surface area contributed by atoms with Crippen molar-refractivity contribution in [2.75, 3.05) is 0 Å². The Bertz CT molecular complexity index is 676. The average Bonchev–Trinajstić information content (AvgIpc) is 3.07. The van der Waals surface area contributed by atoms with Crippen LogP contribution in [-0.2, 0) is 10.0 Å². The van der Waals surface area contributed by atoms with Crippen molar-refractivity contribution in [1.82, 2.24) is 4.72 Å². The van der Waals surface area contributed by atoms with Gasteiger partial charge in [-0.05, 0) is 41.3 Å². The van der Waals surface area contributed by atoms with E-state index in [1.54, 1.807) is 17.5 Å². The zero-order chi connectivity index (χ0) is 16.2. The molecule has 2 aromatic rings. The molecule has 0 aliphatic carbocycles. The molecule has 120 valence electrons. The summed E-state index contributed by atoms with van der Waals surface area (Å²) in [7, 11) is -3.44. The Labute approximate surface area is 137 Å². The molecule has 1 aromatic heterocycles.